The second-order valence-electron chi connectivity index (χ2n) is 11.0. The van der Waals surface area contributed by atoms with Crippen molar-refractivity contribution in [1.82, 2.24) is 9.88 Å². The second-order valence-corrected chi connectivity index (χ2v) is 11.0. The predicted molar refractivity (Wildman–Crippen MR) is 132 cm³/mol. The third-order valence-corrected chi connectivity index (χ3v) is 6.46. The van der Waals surface area contributed by atoms with E-state index >= 15 is 0 Å². The molecule has 0 spiro atoms. The van der Waals surface area contributed by atoms with Crippen molar-refractivity contribution in [3.05, 3.63) is 39.7 Å². The van der Waals surface area contributed by atoms with Crippen LogP contribution in [0.5, 0.6) is 5.75 Å². The summed E-state index contributed by atoms with van der Waals surface area (Å²) in [6.07, 6.45) is 5.57. The largest absolute Gasteiger partial charge is 0.497 e. The molecule has 0 bridgehead atoms. The van der Waals surface area contributed by atoms with Gasteiger partial charge in [-0.15, -0.1) is 0 Å². The molecule has 5 heteroatoms. The number of ether oxygens (including phenoxy) is 1. The predicted octanol–water partition coefficient (Wildman–Crippen LogP) is 5.66. The number of amides is 1. The normalized spacial score (nSPS) is 15.0. The van der Waals surface area contributed by atoms with E-state index in [1.165, 1.54) is 0 Å². The van der Waals surface area contributed by atoms with Crippen LogP contribution in [0.2, 0.25) is 0 Å². The van der Waals surface area contributed by atoms with Crippen LogP contribution in [0.25, 0.3) is 10.9 Å². The molecule has 0 aliphatic heterocycles. The van der Waals surface area contributed by atoms with Crippen LogP contribution >= 0.6 is 0 Å². The summed E-state index contributed by atoms with van der Waals surface area (Å²) in [6, 6.07) is 5.76. The standard InChI is InChI=1S/C27H40N2O3/c1-18(2)13-14-29(17-27(3,4)5)24(30)16-22-21-12-11-20(32-6)15-23(21)28-26(31)25(22)19-9-7-8-10-19/h11-12,15,18-19H,7-10,13-14,16-17H2,1-6H3,(H,28,31). The van der Waals surface area contributed by atoms with Crippen molar-refractivity contribution in [2.24, 2.45) is 11.3 Å². The third-order valence-electron chi connectivity index (χ3n) is 6.46. The Morgan fingerprint density at radius 1 is 1.22 bits per heavy atom. The number of hydrogen-bond acceptors (Lipinski definition) is 3. The van der Waals surface area contributed by atoms with Gasteiger partial charge in [0.05, 0.1) is 19.0 Å². The second kappa shape index (κ2) is 10.1. The van der Waals surface area contributed by atoms with Gasteiger partial charge in [-0.3, -0.25) is 9.59 Å². The summed E-state index contributed by atoms with van der Waals surface area (Å²) in [6.45, 7) is 12.4. The number of methoxy groups -OCH3 is 1. The molecule has 1 N–H and O–H groups in total. The van der Waals surface area contributed by atoms with Crippen molar-refractivity contribution in [1.29, 1.82) is 0 Å². The molecule has 2 aromatic rings. The average molecular weight is 441 g/mol. The highest BCUT2D eigenvalue weighted by molar-refractivity contribution is 5.90. The number of benzene rings is 1. The zero-order valence-corrected chi connectivity index (χ0v) is 20.7. The lowest BCUT2D eigenvalue weighted by atomic mass is 9.89. The van der Waals surface area contributed by atoms with Crippen molar-refractivity contribution in [3.8, 4) is 5.75 Å². The number of nitrogens with one attached hydrogen (secondary N) is 1. The highest BCUT2D eigenvalue weighted by Gasteiger charge is 2.28. The minimum absolute atomic E-state index is 0.0184. The van der Waals surface area contributed by atoms with Gasteiger partial charge in [-0.05, 0) is 54.2 Å². The Hall–Kier alpha value is -2.30. The number of carbonyl (C=O) groups is 1. The van der Waals surface area contributed by atoms with Gasteiger partial charge in [0.25, 0.3) is 5.56 Å². The van der Waals surface area contributed by atoms with Crippen LogP contribution in [0.1, 0.15) is 83.8 Å². The number of pyridine rings is 1. The Morgan fingerprint density at radius 2 is 1.91 bits per heavy atom. The maximum absolute atomic E-state index is 13.6. The molecule has 32 heavy (non-hydrogen) atoms. The van der Waals surface area contributed by atoms with E-state index in [0.717, 1.165) is 60.7 Å². The molecule has 3 rings (SSSR count). The molecule has 0 atom stereocenters. The lowest BCUT2D eigenvalue weighted by Crippen LogP contribution is -2.40. The molecule has 1 saturated carbocycles. The summed E-state index contributed by atoms with van der Waals surface area (Å²) in [7, 11) is 1.62. The van der Waals surface area contributed by atoms with Crippen molar-refractivity contribution >= 4 is 16.8 Å². The highest BCUT2D eigenvalue weighted by Crippen LogP contribution is 2.36. The van der Waals surface area contributed by atoms with E-state index in [4.69, 9.17) is 4.74 Å². The van der Waals surface area contributed by atoms with E-state index in [2.05, 4.69) is 39.6 Å². The van der Waals surface area contributed by atoms with E-state index in [1.807, 2.05) is 23.1 Å². The first-order valence-electron chi connectivity index (χ1n) is 12.1. The number of carbonyl (C=O) groups excluding carboxylic acids is 1. The number of nitrogens with zero attached hydrogens (tertiary/aromatic N) is 1. The molecule has 1 aromatic heterocycles. The van der Waals surface area contributed by atoms with Gasteiger partial charge < -0.3 is 14.6 Å². The summed E-state index contributed by atoms with van der Waals surface area (Å²) in [5.74, 6) is 1.58. The summed E-state index contributed by atoms with van der Waals surface area (Å²) >= 11 is 0. The molecule has 5 nitrogen and oxygen atoms in total. The van der Waals surface area contributed by atoms with Crippen LogP contribution in [0.3, 0.4) is 0 Å². The molecular weight excluding hydrogens is 400 g/mol. The van der Waals surface area contributed by atoms with Gasteiger partial charge in [-0.25, -0.2) is 0 Å². The van der Waals surface area contributed by atoms with Gasteiger partial charge >= 0.3 is 0 Å². The van der Waals surface area contributed by atoms with Crippen molar-refractivity contribution in [2.45, 2.75) is 79.1 Å². The molecule has 0 unspecified atom stereocenters. The third kappa shape index (κ3) is 5.93. The van der Waals surface area contributed by atoms with Crippen LogP contribution in [-0.2, 0) is 11.2 Å². The maximum atomic E-state index is 13.6. The first kappa shape index (κ1) is 24.3. The Bertz CT molecular complexity index is 994. The highest BCUT2D eigenvalue weighted by atomic mass is 16.5. The van der Waals surface area contributed by atoms with Crippen molar-refractivity contribution in [2.75, 3.05) is 20.2 Å². The van der Waals surface area contributed by atoms with E-state index in [0.29, 0.717) is 18.2 Å². The van der Waals surface area contributed by atoms with Crippen molar-refractivity contribution in [3.63, 3.8) is 0 Å². The monoisotopic (exact) mass is 440 g/mol. The number of aromatic amines is 1. The van der Waals surface area contributed by atoms with Crippen LogP contribution in [0.15, 0.2) is 23.0 Å². The molecule has 0 saturated heterocycles. The van der Waals surface area contributed by atoms with E-state index in [-0.39, 0.29) is 29.2 Å². The van der Waals surface area contributed by atoms with E-state index < -0.39 is 0 Å². The molecule has 1 aliphatic rings. The smallest absolute Gasteiger partial charge is 0.252 e. The van der Waals surface area contributed by atoms with Gasteiger partial charge in [0.1, 0.15) is 5.75 Å². The van der Waals surface area contributed by atoms with Crippen LogP contribution in [-0.4, -0.2) is 36.0 Å². The first-order valence-corrected chi connectivity index (χ1v) is 12.1. The van der Waals surface area contributed by atoms with Crippen LogP contribution in [0.4, 0.5) is 0 Å². The number of hydrogen-bond donors (Lipinski definition) is 1. The van der Waals surface area contributed by atoms with Gasteiger partial charge in [-0.2, -0.15) is 0 Å². The molecule has 1 aromatic carbocycles. The van der Waals surface area contributed by atoms with Gasteiger partial charge in [-0.1, -0.05) is 47.5 Å². The number of rotatable bonds is 8. The Kier molecular flexibility index (Phi) is 7.68. The fourth-order valence-corrected chi connectivity index (χ4v) is 4.87. The molecule has 1 fully saturated rings. The lowest BCUT2D eigenvalue weighted by molar-refractivity contribution is -0.131. The quantitative estimate of drug-likeness (QED) is 0.576. The van der Waals surface area contributed by atoms with Gasteiger partial charge in [0, 0.05) is 30.1 Å². The van der Waals surface area contributed by atoms with Gasteiger partial charge in [0.2, 0.25) is 5.91 Å². The Morgan fingerprint density at radius 3 is 2.50 bits per heavy atom. The van der Waals surface area contributed by atoms with E-state index in [9.17, 15) is 9.59 Å². The van der Waals surface area contributed by atoms with Gasteiger partial charge in [0.15, 0.2) is 0 Å². The molecule has 0 radical (unpaired) electrons. The number of aromatic nitrogens is 1. The summed E-state index contributed by atoms with van der Waals surface area (Å²) in [4.78, 5) is 31.9. The summed E-state index contributed by atoms with van der Waals surface area (Å²) < 4.78 is 5.36. The Balaban J connectivity index is 2.04. The average Bonchev–Trinajstić information content (AvgIpc) is 3.23. The summed E-state index contributed by atoms with van der Waals surface area (Å²) in [5.41, 5.74) is 2.44. The Labute approximate surface area is 192 Å². The van der Waals surface area contributed by atoms with Crippen LogP contribution in [0, 0.1) is 11.3 Å². The fourth-order valence-electron chi connectivity index (χ4n) is 4.87. The number of H-pyrrole nitrogens is 1. The molecule has 1 heterocycles. The van der Waals surface area contributed by atoms with Crippen LogP contribution < -0.4 is 10.3 Å². The molecule has 1 aliphatic carbocycles. The van der Waals surface area contributed by atoms with Crippen molar-refractivity contribution < 1.29 is 9.53 Å². The van der Waals surface area contributed by atoms with E-state index in [1.54, 1.807) is 7.11 Å². The zero-order valence-electron chi connectivity index (χ0n) is 20.7. The summed E-state index contributed by atoms with van der Waals surface area (Å²) in [5, 5.41) is 0.959. The zero-order chi connectivity index (χ0) is 23.5. The number of fused-ring (bicyclic) bond motifs is 1. The molecule has 1 amide bonds. The molecular formula is C27H40N2O3. The minimum Gasteiger partial charge on any atom is -0.497 e. The maximum Gasteiger partial charge on any atom is 0.252 e. The fraction of sp³-hybridized carbons (Fsp3) is 0.630. The molecule has 176 valence electrons. The topological polar surface area (TPSA) is 62.4 Å². The SMILES string of the molecule is COc1ccc2c(CC(=O)N(CCC(C)C)CC(C)(C)C)c(C3CCCC3)c(=O)[nH]c2c1. The minimum atomic E-state index is -0.0509. The lowest BCUT2D eigenvalue weighted by Gasteiger charge is -2.31. The first-order chi connectivity index (χ1) is 15.1.